The van der Waals surface area contributed by atoms with Gasteiger partial charge in [-0.3, -0.25) is 9.69 Å². The van der Waals surface area contributed by atoms with Crippen molar-refractivity contribution < 1.29 is 4.79 Å². The first kappa shape index (κ1) is 21.5. The highest BCUT2D eigenvalue weighted by Gasteiger charge is 2.31. The Morgan fingerprint density at radius 2 is 1.81 bits per heavy atom. The first-order valence-electron chi connectivity index (χ1n) is 11.0. The van der Waals surface area contributed by atoms with Crippen LogP contribution in [0.3, 0.4) is 0 Å². The normalized spacial score (nSPS) is 16.4. The van der Waals surface area contributed by atoms with E-state index < -0.39 is 5.91 Å². The van der Waals surface area contributed by atoms with E-state index in [-0.39, 0.29) is 6.04 Å². The number of hydrogen-bond donors (Lipinski definition) is 2. The number of primary amides is 1. The van der Waals surface area contributed by atoms with Crippen LogP contribution in [0.15, 0.2) is 54.6 Å². The number of piperazine rings is 1. The number of fused-ring (bicyclic) bond motifs is 3. The van der Waals surface area contributed by atoms with Crippen LogP contribution in [0, 0.1) is 0 Å². The van der Waals surface area contributed by atoms with Gasteiger partial charge in [0.15, 0.2) is 0 Å². The highest BCUT2D eigenvalue weighted by atomic mass is 35.5. The summed E-state index contributed by atoms with van der Waals surface area (Å²) in [7, 11) is 0. The molecule has 3 N–H and O–H groups in total. The van der Waals surface area contributed by atoms with Crippen LogP contribution in [-0.2, 0) is 12.8 Å². The summed E-state index contributed by atoms with van der Waals surface area (Å²) in [5.74, 6) is -0.398. The van der Waals surface area contributed by atoms with Crippen molar-refractivity contribution >= 4 is 29.1 Å². The van der Waals surface area contributed by atoms with Crippen LogP contribution < -0.4 is 11.1 Å². The third-order valence-corrected chi connectivity index (χ3v) is 7.46. The molecule has 1 aliphatic carbocycles. The highest BCUT2D eigenvalue weighted by molar-refractivity contribution is 6.42. The Morgan fingerprint density at radius 3 is 2.59 bits per heavy atom. The minimum absolute atomic E-state index is 0.0484. The Hall–Kier alpha value is -2.37. The number of rotatable bonds is 5. The molecule has 3 aromatic carbocycles. The molecule has 0 radical (unpaired) electrons. The van der Waals surface area contributed by atoms with Gasteiger partial charge in [-0.05, 0) is 64.4 Å². The maximum absolute atomic E-state index is 12.2. The van der Waals surface area contributed by atoms with Crippen LogP contribution in [0.1, 0.15) is 38.7 Å². The number of nitrogens with two attached hydrogens (primary N) is 1. The zero-order chi connectivity index (χ0) is 22.2. The first-order valence-corrected chi connectivity index (χ1v) is 11.7. The van der Waals surface area contributed by atoms with Crippen LogP contribution in [0.2, 0.25) is 10.0 Å². The predicted octanol–water partition coefficient (Wildman–Crippen LogP) is 4.85. The maximum atomic E-state index is 12.2. The summed E-state index contributed by atoms with van der Waals surface area (Å²) >= 11 is 12.9. The lowest BCUT2D eigenvalue weighted by atomic mass is 9.88. The molecule has 164 valence electrons. The van der Waals surface area contributed by atoms with Crippen molar-refractivity contribution in [1.29, 1.82) is 0 Å². The van der Waals surface area contributed by atoms with Crippen molar-refractivity contribution in [2.45, 2.75) is 18.9 Å². The van der Waals surface area contributed by atoms with Gasteiger partial charge in [0.1, 0.15) is 0 Å². The summed E-state index contributed by atoms with van der Waals surface area (Å²) in [6.45, 7) is 3.68. The van der Waals surface area contributed by atoms with Gasteiger partial charge < -0.3 is 11.1 Å². The largest absolute Gasteiger partial charge is 0.366 e. The third-order valence-electron chi connectivity index (χ3n) is 6.60. The average Bonchev–Trinajstić information content (AvgIpc) is 3.19. The molecule has 1 saturated heterocycles. The summed E-state index contributed by atoms with van der Waals surface area (Å²) in [5.41, 5.74) is 13.4. The second-order valence-corrected chi connectivity index (χ2v) is 9.30. The van der Waals surface area contributed by atoms with Gasteiger partial charge in [0.2, 0.25) is 5.91 Å². The van der Waals surface area contributed by atoms with E-state index in [0.29, 0.717) is 22.0 Å². The van der Waals surface area contributed by atoms with Gasteiger partial charge in [0.25, 0.3) is 0 Å². The molecular weight excluding hydrogens is 441 g/mol. The minimum atomic E-state index is -0.398. The summed E-state index contributed by atoms with van der Waals surface area (Å²) in [6, 6.07) is 18.3. The number of hydrogen-bond acceptors (Lipinski definition) is 3. The fraction of sp³-hybridized carbons (Fsp3) is 0.269. The lowest BCUT2D eigenvalue weighted by Gasteiger charge is -2.37. The van der Waals surface area contributed by atoms with E-state index in [1.807, 2.05) is 30.3 Å². The minimum Gasteiger partial charge on any atom is -0.366 e. The van der Waals surface area contributed by atoms with E-state index in [2.05, 4.69) is 34.5 Å². The molecule has 0 aromatic heterocycles. The molecule has 6 heteroatoms. The van der Waals surface area contributed by atoms with E-state index in [4.69, 9.17) is 28.9 Å². The number of nitrogens with zero attached hydrogens (tertiary/aromatic N) is 1. The van der Waals surface area contributed by atoms with Crippen molar-refractivity contribution in [2.24, 2.45) is 5.73 Å². The van der Waals surface area contributed by atoms with Crippen molar-refractivity contribution in [3.05, 3.63) is 92.5 Å². The van der Waals surface area contributed by atoms with Gasteiger partial charge in [-0.2, -0.15) is 0 Å². The first-order chi connectivity index (χ1) is 15.5. The van der Waals surface area contributed by atoms with E-state index in [1.165, 1.54) is 16.7 Å². The van der Waals surface area contributed by atoms with Gasteiger partial charge in [0, 0.05) is 37.8 Å². The van der Waals surface area contributed by atoms with Crippen molar-refractivity contribution in [2.75, 3.05) is 26.2 Å². The monoisotopic (exact) mass is 465 g/mol. The Labute approximate surface area is 198 Å². The molecule has 1 unspecified atom stereocenters. The standard InChI is InChI=1S/C26H25Cl2N3O/c27-22-7-3-5-17(25(22)28)15-23(31-10-8-30-9-11-31)21-14-19(26(29)32)13-18-12-16-4-1-2-6-20(16)24(18)21/h1-7,13-14,23,30H,8-12,15H2,(H2,29,32). The van der Waals surface area contributed by atoms with Crippen LogP contribution in [0.4, 0.5) is 0 Å². The molecule has 1 aliphatic heterocycles. The lowest BCUT2D eigenvalue weighted by Crippen LogP contribution is -2.45. The van der Waals surface area contributed by atoms with Gasteiger partial charge in [-0.1, -0.05) is 59.6 Å². The van der Waals surface area contributed by atoms with Gasteiger partial charge in [-0.25, -0.2) is 0 Å². The number of nitrogens with one attached hydrogen (secondary N) is 1. The number of carbonyl (C=O) groups excluding carboxylic acids is 1. The highest BCUT2D eigenvalue weighted by Crippen LogP contribution is 2.44. The van der Waals surface area contributed by atoms with Crippen LogP contribution >= 0.6 is 23.2 Å². The fourth-order valence-electron chi connectivity index (χ4n) is 5.07. The second kappa shape index (κ2) is 8.87. The van der Waals surface area contributed by atoms with Gasteiger partial charge >= 0.3 is 0 Å². The SMILES string of the molecule is NC(=O)c1cc2c(c(C(Cc3cccc(Cl)c3Cl)N3CCNCC3)c1)-c1ccccc1C2. The Kier molecular flexibility index (Phi) is 5.95. The lowest BCUT2D eigenvalue weighted by molar-refractivity contribution is 0.1000. The summed E-state index contributed by atoms with van der Waals surface area (Å²) < 4.78 is 0. The summed E-state index contributed by atoms with van der Waals surface area (Å²) in [6.07, 6.45) is 1.52. The molecule has 0 saturated carbocycles. The van der Waals surface area contributed by atoms with Crippen LogP contribution in [-0.4, -0.2) is 37.0 Å². The van der Waals surface area contributed by atoms with Crippen LogP contribution in [0.5, 0.6) is 0 Å². The molecule has 2 aliphatic rings. The molecule has 5 rings (SSSR count). The maximum Gasteiger partial charge on any atom is 0.248 e. The van der Waals surface area contributed by atoms with Crippen molar-refractivity contribution in [1.82, 2.24) is 10.2 Å². The average molecular weight is 466 g/mol. The van der Waals surface area contributed by atoms with Crippen molar-refractivity contribution in [3.63, 3.8) is 0 Å². The smallest absolute Gasteiger partial charge is 0.248 e. The van der Waals surface area contributed by atoms with Crippen LogP contribution in [0.25, 0.3) is 11.1 Å². The van der Waals surface area contributed by atoms with E-state index in [0.717, 1.165) is 49.3 Å². The number of amides is 1. The molecule has 1 heterocycles. The summed E-state index contributed by atoms with van der Waals surface area (Å²) in [4.78, 5) is 14.7. The number of benzene rings is 3. The fourth-order valence-corrected chi connectivity index (χ4v) is 5.46. The van der Waals surface area contributed by atoms with Gasteiger partial charge in [-0.15, -0.1) is 0 Å². The molecule has 0 spiro atoms. The molecule has 1 amide bonds. The second-order valence-electron chi connectivity index (χ2n) is 8.52. The third kappa shape index (κ3) is 3.93. The van der Waals surface area contributed by atoms with E-state index in [1.54, 1.807) is 0 Å². The zero-order valence-corrected chi connectivity index (χ0v) is 19.2. The number of halogens is 2. The zero-order valence-electron chi connectivity index (χ0n) is 17.7. The molecule has 3 aromatic rings. The Bertz CT molecular complexity index is 1190. The van der Waals surface area contributed by atoms with Gasteiger partial charge in [0.05, 0.1) is 10.0 Å². The molecule has 1 fully saturated rings. The quantitative estimate of drug-likeness (QED) is 0.442. The van der Waals surface area contributed by atoms with E-state index in [9.17, 15) is 4.79 Å². The molecule has 4 nitrogen and oxygen atoms in total. The topological polar surface area (TPSA) is 58.4 Å². The molecule has 32 heavy (non-hydrogen) atoms. The number of carbonyl (C=O) groups is 1. The Balaban J connectivity index is 1.69. The Morgan fingerprint density at radius 1 is 1.03 bits per heavy atom. The van der Waals surface area contributed by atoms with Crippen molar-refractivity contribution in [3.8, 4) is 11.1 Å². The molecule has 0 bridgehead atoms. The van der Waals surface area contributed by atoms with E-state index >= 15 is 0 Å². The summed E-state index contributed by atoms with van der Waals surface area (Å²) in [5, 5.41) is 4.59. The molecule has 1 atom stereocenters. The predicted molar refractivity (Wildman–Crippen MR) is 131 cm³/mol. The molecular formula is C26H25Cl2N3O.